The lowest BCUT2D eigenvalue weighted by atomic mass is 9.85. The fraction of sp³-hybridized carbons (Fsp3) is 0.562. The lowest BCUT2D eigenvalue weighted by Gasteiger charge is -2.25. The van der Waals surface area contributed by atoms with E-state index in [2.05, 4.69) is 66.3 Å². The molecule has 0 aromatic heterocycles. The van der Waals surface area contributed by atoms with E-state index in [0.717, 1.165) is 30.3 Å². The van der Waals surface area contributed by atoms with Crippen molar-refractivity contribution in [2.24, 2.45) is 5.41 Å². The fourth-order valence-electron chi connectivity index (χ4n) is 1.98. The second kappa shape index (κ2) is 7.68. The van der Waals surface area contributed by atoms with Gasteiger partial charge >= 0.3 is 0 Å². The number of halogens is 1. The summed E-state index contributed by atoms with van der Waals surface area (Å²) in [4.78, 5) is 11.6. The highest BCUT2D eigenvalue weighted by molar-refractivity contribution is 9.10. The van der Waals surface area contributed by atoms with E-state index in [1.54, 1.807) is 0 Å². The minimum absolute atomic E-state index is 0.0791. The summed E-state index contributed by atoms with van der Waals surface area (Å²) in [5, 5.41) is 3.04. The Labute approximate surface area is 125 Å². The second-order valence-electron chi connectivity index (χ2n) is 5.85. The maximum absolute atomic E-state index is 11.6. The summed E-state index contributed by atoms with van der Waals surface area (Å²) >= 11 is 3.44. The lowest BCUT2D eigenvalue weighted by Crippen LogP contribution is -2.35. The van der Waals surface area contributed by atoms with Crippen molar-refractivity contribution in [1.82, 2.24) is 5.32 Å². The van der Waals surface area contributed by atoms with E-state index >= 15 is 0 Å². The molecule has 1 aromatic carbocycles. The molecule has 0 saturated heterocycles. The van der Waals surface area contributed by atoms with Crippen LogP contribution in [0.5, 0.6) is 0 Å². The molecule has 0 radical (unpaired) electrons. The van der Waals surface area contributed by atoms with Gasteiger partial charge in [-0.1, -0.05) is 55.3 Å². The van der Waals surface area contributed by atoms with Gasteiger partial charge < -0.3 is 5.32 Å². The summed E-state index contributed by atoms with van der Waals surface area (Å²) in [5.41, 5.74) is 1.38. The summed E-state index contributed by atoms with van der Waals surface area (Å²) in [7, 11) is 0. The van der Waals surface area contributed by atoms with Gasteiger partial charge in [-0.15, -0.1) is 0 Å². The van der Waals surface area contributed by atoms with E-state index in [0.29, 0.717) is 6.42 Å². The minimum Gasteiger partial charge on any atom is -0.356 e. The highest BCUT2D eigenvalue weighted by Gasteiger charge is 2.19. The quantitative estimate of drug-likeness (QED) is 0.794. The first kappa shape index (κ1) is 16.2. The van der Waals surface area contributed by atoms with E-state index < -0.39 is 0 Å². The molecule has 2 nitrogen and oxygen atoms in total. The van der Waals surface area contributed by atoms with Gasteiger partial charge in [0.05, 0.1) is 0 Å². The zero-order valence-electron chi connectivity index (χ0n) is 12.1. The summed E-state index contributed by atoms with van der Waals surface area (Å²) in [6, 6.07) is 8.38. The number of hydrogen-bond donors (Lipinski definition) is 1. The van der Waals surface area contributed by atoms with Gasteiger partial charge in [-0.2, -0.15) is 0 Å². The Bertz CT molecular complexity index is 398. The number of benzene rings is 1. The first-order valence-corrected chi connectivity index (χ1v) is 7.73. The van der Waals surface area contributed by atoms with Crippen molar-refractivity contribution >= 4 is 21.8 Å². The van der Waals surface area contributed by atoms with E-state index in [9.17, 15) is 4.79 Å². The Morgan fingerprint density at radius 2 is 1.89 bits per heavy atom. The number of nitrogens with one attached hydrogen (secondary N) is 1. The van der Waals surface area contributed by atoms with E-state index in [1.165, 1.54) is 5.56 Å². The van der Waals surface area contributed by atoms with Crippen molar-refractivity contribution in [2.45, 2.75) is 46.5 Å². The Hall–Kier alpha value is -0.830. The Kier molecular flexibility index (Phi) is 6.56. The normalized spacial score (nSPS) is 11.4. The van der Waals surface area contributed by atoms with Gasteiger partial charge in [0.2, 0.25) is 5.91 Å². The molecule has 0 saturated carbocycles. The molecule has 106 valence electrons. The van der Waals surface area contributed by atoms with Crippen LogP contribution in [0, 0.1) is 5.41 Å². The van der Waals surface area contributed by atoms with Crippen molar-refractivity contribution in [3.8, 4) is 0 Å². The Morgan fingerprint density at radius 3 is 2.47 bits per heavy atom. The zero-order chi connectivity index (χ0) is 14.3. The zero-order valence-corrected chi connectivity index (χ0v) is 13.7. The van der Waals surface area contributed by atoms with Crippen molar-refractivity contribution in [3.63, 3.8) is 0 Å². The highest BCUT2D eigenvalue weighted by Crippen LogP contribution is 2.22. The van der Waals surface area contributed by atoms with Gasteiger partial charge in [0.1, 0.15) is 0 Å². The van der Waals surface area contributed by atoms with Crippen LogP contribution in [0.15, 0.2) is 28.7 Å². The molecule has 0 spiro atoms. The molecule has 1 rings (SSSR count). The van der Waals surface area contributed by atoms with Crippen LogP contribution >= 0.6 is 15.9 Å². The van der Waals surface area contributed by atoms with Crippen LogP contribution < -0.4 is 5.32 Å². The minimum atomic E-state index is 0.0791. The molecule has 1 amide bonds. The molecular formula is C16H24BrNO. The summed E-state index contributed by atoms with van der Waals surface area (Å²) in [6.45, 7) is 7.21. The third-order valence-corrected chi connectivity index (χ3v) is 3.65. The second-order valence-corrected chi connectivity index (χ2v) is 6.76. The first-order valence-electron chi connectivity index (χ1n) is 6.94. The molecule has 0 aliphatic rings. The van der Waals surface area contributed by atoms with Crippen LogP contribution in [-0.2, 0) is 11.2 Å². The highest BCUT2D eigenvalue weighted by atomic mass is 79.9. The SMILES string of the molecule is CCCCC(=O)NCC(C)(C)Cc1ccc(Br)cc1. The summed E-state index contributed by atoms with van der Waals surface area (Å²) in [5.74, 6) is 0.172. The number of carbonyl (C=O) groups is 1. The smallest absolute Gasteiger partial charge is 0.220 e. The van der Waals surface area contributed by atoms with Gasteiger partial charge in [0.25, 0.3) is 0 Å². The largest absolute Gasteiger partial charge is 0.356 e. The number of unbranched alkanes of at least 4 members (excludes halogenated alkanes) is 1. The number of rotatable bonds is 7. The van der Waals surface area contributed by atoms with Gasteiger partial charge in [0, 0.05) is 17.4 Å². The molecule has 19 heavy (non-hydrogen) atoms. The molecule has 1 N–H and O–H groups in total. The third kappa shape index (κ3) is 6.76. The molecule has 0 bridgehead atoms. The van der Waals surface area contributed by atoms with Gasteiger partial charge in [0.15, 0.2) is 0 Å². The third-order valence-electron chi connectivity index (χ3n) is 3.12. The predicted octanol–water partition coefficient (Wildman–Crippen LogP) is 4.32. The molecule has 3 heteroatoms. The fourth-order valence-corrected chi connectivity index (χ4v) is 2.25. The van der Waals surface area contributed by atoms with Crippen molar-refractivity contribution in [1.29, 1.82) is 0 Å². The monoisotopic (exact) mass is 325 g/mol. The maximum atomic E-state index is 11.6. The topological polar surface area (TPSA) is 29.1 Å². The van der Waals surface area contributed by atoms with Crippen LogP contribution in [0.25, 0.3) is 0 Å². The number of amides is 1. The van der Waals surface area contributed by atoms with Crippen molar-refractivity contribution < 1.29 is 4.79 Å². The van der Waals surface area contributed by atoms with Gasteiger partial charge in [-0.05, 0) is 36.0 Å². The molecule has 0 fully saturated rings. The van der Waals surface area contributed by atoms with Gasteiger partial charge in [-0.25, -0.2) is 0 Å². The molecule has 0 atom stereocenters. The van der Waals surface area contributed by atoms with E-state index in [4.69, 9.17) is 0 Å². The standard InChI is InChI=1S/C16H24BrNO/c1-4-5-6-15(19)18-12-16(2,3)11-13-7-9-14(17)10-8-13/h7-10H,4-6,11-12H2,1-3H3,(H,18,19). The maximum Gasteiger partial charge on any atom is 0.220 e. The predicted molar refractivity (Wildman–Crippen MR) is 84.2 cm³/mol. The first-order chi connectivity index (χ1) is 8.93. The van der Waals surface area contributed by atoms with Crippen LogP contribution in [-0.4, -0.2) is 12.5 Å². The molecule has 0 aliphatic carbocycles. The van der Waals surface area contributed by atoms with Crippen LogP contribution in [0.4, 0.5) is 0 Å². The molecule has 0 unspecified atom stereocenters. The molecule has 0 heterocycles. The van der Waals surface area contributed by atoms with Crippen LogP contribution in [0.1, 0.15) is 45.6 Å². The van der Waals surface area contributed by atoms with Gasteiger partial charge in [-0.3, -0.25) is 4.79 Å². The summed E-state index contributed by atoms with van der Waals surface area (Å²) < 4.78 is 1.10. The van der Waals surface area contributed by atoms with Crippen molar-refractivity contribution in [2.75, 3.05) is 6.54 Å². The average Bonchev–Trinajstić information content (AvgIpc) is 2.36. The molecule has 1 aromatic rings. The Balaban J connectivity index is 2.42. The Morgan fingerprint density at radius 1 is 1.26 bits per heavy atom. The van der Waals surface area contributed by atoms with E-state index in [-0.39, 0.29) is 11.3 Å². The average molecular weight is 326 g/mol. The van der Waals surface area contributed by atoms with E-state index in [1.807, 2.05) is 0 Å². The number of hydrogen-bond acceptors (Lipinski definition) is 1. The van der Waals surface area contributed by atoms with Crippen LogP contribution in [0.3, 0.4) is 0 Å². The number of carbonyl (C=O) groups excluding carboxylic acids is 1. The molecular weight excluding hydrogens is 302 g/mol. The molecule has 0 aliphatic heterocycles. The lowest BCUT2D eigenvalue weighted by molar-refractivity contribution is -0.121. The van der Waals surface area contributed by atoms with Crippen molar-refractivity contribution in [3.05, 3.63) is 34.3 Å². The van der Waals surface area contributed by atoms with Crippen LogP contribution in [0.2, 0.25) is 0 Å². The summed E-state index contributed by atoms with van der Waals surface area (Å²) in [6.07, 6.45) is 3.65.